The summed E-state index contributed by atoms with van der Waals surface area (Å²) >= 11 is 0. The maximum absolute atomic E-state index is 13.7. The molecular formula is C32H35F3N4O2. The van der Waals surface area contributed by atoms with Crippen LogP contribution < -0.4 is 5.32 Å². The van der Waals surface area contributed by atoms with Gasteiger partial charge in [0.1, 0.15) is 6.54 Å². The van der Waals surface area contributed by atoms with Gasteiger partial charge in [-0.25, -0.2) is 4.79 Å². The molecule has 0 atom stereocenters. The first-order valence-electron chi connectivity index (χ1n) is 13.6. The third-order valence-corrected chi connectivity index (χ3v) is 7.28. The highest BCUT2D eigenvalue weighted by atomic mass is 19.4. The van der Waals surface area contributed by atoms with Gasteiger partial charge < -0.3 is 20.1 Å². The third-order valence-electron chi connectivity index (χ3n) is 7.28. The summed E-state index contributed by atoms with van der Waals surface area (Å²) in [6.07, 6.45) is -2.00. The molecule has 0 aliphatic carbocycles. The number of aryl methyl sites for hydroxylation is 2. The Morgan fingerprint density at radius 1 is 0.951 bits per heavy atom. The van der Waals surface area contributed by atoms with Gasteiger partial charge in [-0.3, -0.25) is 4.79 Å². The van der Waals surface area contributed by atoms with Gasteiger partial charge in [-0.05, 0) is 86.7 Å². The highest BCUT2D eigenvalue weighted by Gasteiger charge is 2.30. The number of carbonyl (C=O) groups is 2. The van der Waals surface area contributed by atoms with E-state index in [1.165, 1.54) is 17.0 Å². The second kappa shape index (κ2) is 12.5. The van der Waals surface area contributed by atoms with Gasteiger partial charge in [-0.2, -0.15) is 13.2 Å². The molecule has 0 bridgehead atoms. The van der Waals surface area contributed by atoms with Crippen LogP contribution in [0.3, 0.4) is 0 Å². The molecule has 1 heterocycles. The van der Waals surface area contributed by atoms with Gasteiger partial charge >= 0.3 is 12.2 Å². The van der Waals surface area contributed by atoms with Crippen molar-refractivity contribution >= 4 is 28.5 Å². The zero-order chi connectivity index (χ0) is 29.7. The number of hydrogen-bond acceptors (Lipinski definition) is 2. The molecule has 41 heavy (non-hydrogen) atoms. The average Bonchev–Trinajstić information content (AvgIpc) is 3.34. The van der Waals surface area contributed by atoms with Gasteiger partial charge in [0, 0.05) is 41.9 Å². The third kappa shape index (κ3) is 7.48. The number of amides is 3. The number of rotatable bonds is 9. The zero-order valence-electron chi connectivity index (χ0n) is 23.7. The molecule has 0 aliphatic heterocycles. The summed E-state index contributed by atoms with van der Waals surface area (Å²) in [4.78, 5) is 33.2. The summed E-state index contributed by atoms with van der Waals surface area (Å²) in [5, 5.41) is 3.93. The fraction of sp³-hybridized carbons (Fsp3) is 0.312. The van der Waals surface area contributed by atoms with Crippen molar-refractivity contribution in [3.8, 4) is 0 Å². The minimum atomic E-state index is -4.44. The second-order valence-corrected chi connectivity index (χ2v) is 10.6. The smallest absolute Gasteiger partial charge is 0.361 e. The maximum atomic E-state index is 13.7. The lowest BCUT2D eigenvalue weighted by atomic mass is 10.1. The van der Waals surface area contributed by atoms with Gasteiger partial charge in [0.2, 0.25) is 5.91 Å². The van der Waals surface area contributed by atoms with Crippen LogP contribution in [0.5, 0.6) is 0 Å². The highest BCUT2D eigenvalue weighted by molar-refractivity contribution is 5.92. The summed E-state index contributed by atoms with van der Waals surface area (Å²) in [7, 11) is 0. The number of fused-ring (bicyclic) bond motifs is 1. The first-order chi connectivity index (χ1) is 19.4. The van der Waals surface area contributed by atoms with E-state index in [4.69, 9.17) is 0 Å². The van der Waals surface area contributed by atoms with E-state index in [0.29, 0.717) is 24.2 Å². The molecule has 0 saturated carbocycles. The number of nitrogens with one attached hydrogen (secondary N) is 2. The zero-order valence-corrected chi connectivity index (χ0v) is 23.7. The van der Waals surface area contributed by atoms with Crippen LogP contribution in [-0.2, 0) is 23.9 Å². The van der Waals surface area contributed by atoms with Gasteiger partial charge in [0.15, 0.2) is 0 Å². The van der Waals surface area contributed by atoms with Gasteiger partial charge in [-0.1, -0.05) is 36.4 Å². The molecule has 4 rings (SSSR count). The van der Waals surface area contributed by atoms with Crippen LogP contribution in [0.15, 0.2) is 72.9 Å². The molecule has 0 aliphatic rings. The topological polar surface area (TPSA) is 68.4 Å². The van der Waals surface area contributed by atoms with Crippen molar-refractivity contribution in [1.82, 2.24) is 14.8 Å². The Balaban J connectivity index is 1.53. The number of aromatic amines is 1. The molecule has 216 valence electrons. The quantitative estimate of drug-likeness (QED) is 0.224. The fourth-order valence-electron chi connectivity index (χ4n) is 4.65. The summed E-state index contributed by atoms with van der Waals surface area (Å²) in [5.41, 5.74) is 4.61. The molecule has 2 N–H and O–H groups in total. The summed E-state index contributed by atoms with van der Waals surface area (Å²) in [6, 6.07) is 17.6. The van der Waals surface area contributed by atoms with E-state index < -0.39 is 17.8 Å². The van der Waals surface area contributed by atoms with Gasteiger partial charge in [0.25, 0.3) is 0 Å². The molecule has 0 radical (unpaired) electrons. The molecule has 0 saturated heterocycles. The van der Waals surface area contributed by atoms with Crippen molar-refractivity contribution in [2.45, 2.75) is 52.9 Å². The van der Waals surface area contributed by atoms with Crippen LogP contribution >= 0.6 is 0 Å². The van der Waals surface area contributed by atoms with E-state index in [1.807, 2.05) is 76.4 Å². The van der Waals surface area contributed by atoms with Gasteiger partial charge in [-0.15, -0.1) is 0 Å². The minimum Gasteiger partial charge on any atom is -0.361 e. The number of nitrogens with zero attached hydrogens (tertiary/aromatic N) is 2. The van der Waals surface area contributed by atoms with Crippen molar-refractivity contribution in [2.24, 2.45) is 0 Å². The Hall–Kier alpha value is -4.27. The number of urea groups is 1. The molecule has 9 heteroatoms. The SMILES string of the molecule is Cc1ccc(NC(=O)N(CC(=O)N(CCc2c[nH]c3ccccc23)Cc2ccc(C(F)(F)F)cc2)C(C)C)cc1C. The summed E-state index contributed by atoms with van der Waals surface area (Å²) in [6.45, 7) is 7.88. The Labute approximate surface area is 238 Å². The number of hydrogen-bond donors (Lipinski definition) is 2. The van der Waals surface area contributed by atoms with Crippen molar-refractivity contribution in [1.29, 1.82) is 0 Å². The largest absolute Gasteiger partial charge is 0.416 e. The van der Waals surface area contributed by atoms with E-state index in [2.05, 4.69) is 10.3 Å². The number of benzene rings is 3. The minimum absolute atomic E-state index is 0.115. The molecular weight excluding hydrogens is 529 g/mol. The van der Waals surface area contributed by atoms with Crippen molar-refractivity contribution in [2.75, 3.05) is 18.4 Å². The number of aromatic nitrogens is 1. The molecule has 4 aromatic rings. The number of anilines is 1. The lowest BCUT2D eigenvalue weighted by Crippen LogP contribution is -2.47. The predicted octanol–water partition coefficient (Wildman–Crippen LogP) is 7.32. The van der Waals surface area contributed by atoms with Crippen molar-refractivity contribution in [3.05, 3.63) is 101 Å². The molecule has 6 nitrogen and oxygen atoms in total. The van der Waals surface area contributed by atoms with Crippen LogP contribution in [0.1, 0.15) is 41.7 Å². The Kier molecular flexibility index (Phi) is 9.05. The van der Waals surface area contributed by atoms with E-state index >= 15 is 0 Å². The van der Waals surface area contributed by atoms with Crippen LogP contribution in [0.2, 0.25) is 0 Å². The van der Waals surface area contributed by atoms with Gasteiger partial charge in [0.05, 0.1) is 5.56 Å². The Morgan fingerprint density at radius 2 is 1.66 bits per heavy atom. The molecule has 3 aromatic carbocycles. The van der Waals surface area contributed by atoms with E-state index in [-0.39, 0.29) is 25.0 Å². The normalized spacial score (nSPS) is 11.6. The van der Waals surface area contributed by atoms with E-state index in [0.717, 1.165) is 39.7 Å². The van der Waals surface area contributed by atoms with Crippen LogP contribution in [0.4, 0.5) is 23.7 Å². The van der Waals surface area contributed by atoms with E-state index in [1.54, 1.807) is 4.90 Å². The molecule has 0 fully saturated rings. The first kappa shape index (κ1) is 29.7. The fourth-order valence-corrected chi connectivity index (χ4v) is 4.65. The number of alkyl halides is 3. The number of halogens is 3. The molecule has 3 amide bonds. The first-order valence-corrected chi connectivity index (χ1v) is 13.6. The molecule has 1 aromatic heterocycles. The summed E-state index contributed by atoms with van der Waals surface area (Å²) in [5.74, 6) is -0.298. The number of para-hydroxylation sites is 1. The van der Waals surface area contributed by atoms with Crippen molar-refractivity contribution in [3.63, 3.8) is 0 Å². The Morgan fingerprint density at radius 3 is 2.32 bits per heavy atom. The standard InChI is InChI=1S/C32H35F3N4O2/c1-21(2)39(31(41)37-27-14-9-22(3)23(4)17-27)20-30(40)38(19-24-10-12-26(13-11-24)32(33,34)35)16-15-25-18-36-29-8-6-5-7-28(25)29/h5-14,17-18,21,36H,15-16,19-20H2,1-4H3,(H,37,41). The van der Waals surface area contributed by atoms with Crippen molar-refractivity contribution < 1.29 is 22.8 Å². The number of H-pyrrole nitrogens is 1. The summed E-state index contributed by atoms with van der Waals surface area (Å²) < 4.78 is 39.3. The monoisotopic (exact) mass is 564 g/mol. The molecule has 0 unspecified atom stereocenters. The van der Waals surface area contributed by atoms with Crippen LogP contribution in [0.25, 0.3) is 10.9 Å². The van der Waals surface area contributed by atoms with Crippen LogP contribution in [-0.4, -0.2) is 45.9 Å². The average molecular weight is 565 g/mol. The maximum Gasteiger partial charge on any atom is 0.416 e. The van der Waals surface area contributed by atoms with Crippen LogP contribution in [0, 0.1) is 13.8 Å². The highest BCUT2D eigenvalue weighted by Crippen LogP contribution is 2.29. The second-order valence-electron chi connectivity index (χ2n) is 10.6. The number of carbonyl (C=O) groups excluding carboxylic acids is 2. The lowest BCUT2D eigenvalue weighted by molar-refractivity contribution is -0.137. The molecule has 0 spiro atoms. The predicted molar refractivity (Wildman–Crippen MR) is 156 cm³/mol. The lowest BCUT2D eigenvalue weighted by Gasteiger charge is -2.30. The Bertz CT molecular complexity index is 1510. The van der Waals surface area contributed by atoms with E-state index in [9.17, 15) is 22.8 Å².